The molecule has 1 aliphatic rings. The minimum absolute atomic E-state index is 0.307. The van der Waals surface area contributed by atoms with Gasteiger partial charge in [0.25, 0.3) is 0 Å². The van der Waals surface area contributed by atoms with Crippen molar-refractivity contribution >= 4 is 27.9 Å². The fraction of sp³-hybridized carbons (Fsp3) is 0.385. The average Bonchev–Trinajstić information content (AvgIpc) is 2.30. The molecule has 1 aromatic rings. The lowest BCUT2D eigenvalue weighted by Crippen LogP contribution is -2.46. The van der Waals surface area contributed by atoms with Crippen molar-refractivity contribution in [3.63, 3.8) is 0 Å². The highest BCUT2D eigenvalue weighted by atomic mass is 79.9. The summed E-state index contributed by atoms with van der Waals surface area (Å²) in [5, 5.41) is 0. The summed E-state index contributed by atoms with van der Waals surface area (Å²) in [4.78, 5) is 23.7. The first-order valence-electron chi connectivity index (χ1n) is 5.48. The fourth-order valence-corrected chi connectivity index (χ4v) is 2.81. The third-order valence-corrected chi connectivity index (χ3v) is 3.72. The van der Waals surface area contributed by atoms with Gasteiger partial charge in [-0.15, -0.1) is 0 Å². The topological polar surface area (TPSA) is 52.6 Å². The number of esters is 2. The zero-order valence-corrected chi connectivity index (χ0v) is 12.0. The van der Waals surface area contributed by atoms with Gasteiger partial charge in [0.05, 0.1) is 12.7 Å². The van der Waals surface area contributed by atoms with Crippen molar-refractivity contribution in [2.75, 3.05) is 7.11 Å². The molecule has 1 atom stereocenters. The number of cyclic esters (lactones) is 1. The van der Waals surface area contributed by atoms with Crippen molar-refractivity contribution < 1.29 is 19.1 Å². The van der Waals surface area contributed by atoms with Gasteiger partial charge in [0.2, 0.25) is 5.60 Å². The van der Waals surface area contributed by atoms with E-state index in [9.17, 15) is 9.59 Å². The van der Waals surface area contributed by atoms with Crippen molar-refractivity contribution in [3.05, 3.63) is 33.3 Å². The number of hydrogen-bond donors (Lipinski definition) is 0. The molecule has 2 rings (SSSR count). The van der Waals surface area contributed by atoms with E-state index in [0.29, 0.717) is 12.0 Å². The van der Waals surface area contributed by atoms with Gasteiger partial charge >= 0.3 is 11.9 Å². The van der Waals surface area contributed by atoms with E-state index in [0.717, 1.165) is 15.6 Å². The fourth-order valence-electron chi connectivity index (χ4n) is 2.10. The van der Waals surface area contributed by atoms with Crippen LogP contribution in [-0.4, -0.2) is 24.6 Å². The van der Waals surface area contributed by atoms with Gasteiger partial charge in [-0.3, -0.25) is 0 Å². The van der Waals surface area contributed by atoms with Crippen molar-refractivity contribution in [2.45, 2.75) is 25.9 Å². The maximum Gasteiger partial charge on any atom is 0.350 e. The molecule has 1 heterocycles. The van der Waals surface area contributed by atoms with Gasteiger partial charge in [0.1, 0.15) is 0 Å². The Morgan fingerprint density at radius 2 is 2.17 bits per heavy atom. The Morgan fingerprint density at radius 1 is 1.50 bits per heavy atom. The summed E-state index contributed by atoms with van der Waals surface area (Å²) >= 11 is 3.42. The molecule has 0 N–H and O–H groups in total. The third kappa shape index (κ3) is 2.03. The summed E-state index contributed by atoms with van der Waals surface area (Å²) in [6.45, 7) is 3.46. The second-order valence-electron chi connectivity index (χ2n) is 4.56. The number of carbonyl (C=O) groups is 2. The largest absolute Gasteiger partial charge is 0.466 e. The van der Waals surface area contributed by atoms with Crippen LogP contribution in [0.15, 0.2) is 16.6 Å². The molecule has 0 aromatic heterocycles. The van der Waals surface area contributed by atoms with E-state index in [1.807, 2.05) is 13.0 Å². The van der Waals surface area contributed by atoms with Crippen molar-refractivity contribution in [1.29, 1.82) is 0 Å². The van der Waals surface area contributed by atoms with Crippen LogP contribution in [0.5, 0.6) is 0 Å². The van der Waals surface area contributed by atoms with E-state index in [1.165, 1.54) is 7.11 Å². The molecular formula is C13H13BrO4. The van der Waals surface area contributed by atoms with Gasteiger partial charge in [0, 0.05) is 10.9 Å². The number of carbonyl (C=O) groups excluding carboxylic acids is 2. The minimum atomic E-state index is -1.25. The van der Waals surface area contributed by atoms with Gasteiger partial charge in [-0.2, -0.15) is 0 Å². The second-order valence-corrected chi connectivity index (χ2v) is 5.42. The van der Waals surface area contributed by atoms with Crippen LogP contribution in [0.3, 0.4) is 0 Å². The number of hydrogen-bond acceptors (Lipinski definition) is 4. The standard InChI is InChI=1S/C13H13BrO4/c1-7-4-8-9(10(14)5-7)6-13(2,12(16)17-3)18-11(8)15/h4-5H,6H2,1-3H3. The Bertz CT molecular complexity index is 538. The molecule has 1 aliphatic heterocycles. The molecule has 0 fully saturated rings. The maximum atomic E-state index is 12.0. The summed E-state index contributed by atoms with van der Waals surface area (Å²) in [5.74, 6) is -1.04. The molecule has 96 valence electrons. The Labute approximate surface area is 113 Å². The molecule has 0 saturated carbocycles. The maximum absolute atomic E-state index is 12.0. The van der Waals surface area contributed by atoms with Crippen LogP contribution in [-0.2, 0) is 20.7 Å². The molecule has 0 bridgehead atoms. The SMILES string of the molecule is COC(=O)C1(C)Cc2c(Br)cc(C)cc2C(=O)O1. The Kier molecular flexibility index (Phi) is 3.19. The van der Waals surface area contributed by atoms with Crippen LogP contribution in [0.2, 0.25) is 0 Å². The predicted octanol–water partition coefficient (Wildman–Crippen LogP) is 2.40. The van der Waals surface area contributed by atoms with Gasteiger partial charge < -0.3 is 9.47 Å². The van der Waals surface area contributed by atoms with Gasteiger partial charge in [-0.05, 0) is 37.1 Å². The number of halogens is 1. The number of rotatable bonds is 1. The predicted molar refractivity (Wildman–Crippen MR) is 68.4 cm³/mol. The Hall–Kier alpha value is -1.36. The van der Waals surface area contributed by atoms with Crippen molar-refractivity contribution in [3.8, 4) is 0 Å². The van der Waals surface area contributed by atoms with Crippen LogP contribution < -0.4 is 0 Å². The Balaban J connectivity index is 2.52. The summed E-state index contributed by atoms with van der Waals surface area (Å²) in [6.07, 6.45) is 0.307. The van der Waals surface area contributed by atoms with Crippen LogP contribution >= 0.6 is 15.9 Å². The van der Waals surface area contributed by atoms with Crippen LogP contribution in [0.4, 0.5) is 0 Å². The highest BCUT2D eigenvalue weighted by Crippen LogP contribution is 2.34. The molecule has 4 nitrogen and oxygen atoms in total. The lowest BCUT2D eigenvalue weighted by molar-refractivity contribution is -0.161. The van der Waals surface area contributed by atoms with Crippen LogP contribution in [0.25, 0.3) is 0 Å². The molecule has 5 heteroatoms. The first kappa shape index (κ1) is 13.1. The van der Waals surface area contributed by atoms with Crippen molar-refractivity contribution in [1.82, 2.24) is 0 Å². The van der Waals surface area contributed by atoms with E-state index in [-0.39, 0.29) is 0 Å². The third-order valence-electron chi connectivity index (χ3n) is 3.01. The normalized spacial score (nSPS) is 22.1. The van der Waals surface area contributed by atoms with Crippen LogP contribution in [0.1, 0.15) is 28.4 Å². The highest BCUT2D eigenvalue weighted by Gasteiger charge is 2.44. The van der Waals surface area contributed by atoms with Gasteiger partial charge in [0.15, 0.2) is 0 Å². The second kappa shape index (κ2) is 4.39. The zero-order chi connectivity index (χ0) is 13.5. The lowest BCUT2D eigenvalue weighted by atomic mass is 9.89. The van der Waals surface area contributed by atoms with E-state index in [1.54, 1.807) is 13.0 Å². The average molecular weight is 313 g/mol. The zero-order valence-electron chi connectivity index (χ0n) is 10.4. The quantitative estimate of drug-likeness (QED) is 0.747. The highest BCUT2D eigenvalue weighted by molar-refractivity contribution is 9.10. The number of aryl methyl sites for hydroxylation is 1. The van der Waals surface area contributed by atoms with Gasteiger partial charge in [-0.1, -0.05) is 15.9 Å². The molecule has 0 spiro atoms. The first-order valence-corrected chi connectivity index (χ1v) is 6.27. The van der Waals surface area contributed by atoms with E-state index >= 15 is 0 Å². The van der Waals surface area contributed by atoms with E-state index < -0.39 is 17.5 Å². The molecule has 18 heavy (non-hydrogen) atoms. The molecule has 0 saturated heterocycles. The summed E-state index contributed by atoms with van der Waals surface area (Å²) < 4.78 is 10.7. The number of benzene rings is 1. The number of fused-ring (bicyclic) bond motifs is 1. The smallest absolute Gasteiger partial charge is 0.350 e. The van der Waals surface area contributed by atoms with E-state index in [2.05, 4.69) is 20.7 Å². The minimum Gasteiger partial charge on any atom is -0.466 e. The Morgan fingerprint density at radius 3 is 2.78 bits per heavy atom. The lowest BCUT2D eigenvalue weighted by Gasteiger charge is -2.32. The molecule has 1 unspecified atom stereocenters. The van der Waals surface area contributed by atoms with E-state index in [4.69, 9.17) is 4.74 Å². The number of ether oxygens (including phenoxy) is 2. The van der Waals surface area contributed by atoms with Crippen LogP contribution in [0, 0.1) is 6.92 Å². The molecule has 1 aromatic carbocycles. The summed E-state index contributed by atoms with van der Waals surface area (Å²) in [6, 6.07) is 3.68. The summed E-state index contributed by atoms with van der Waals surface area (Å²) in [7, 11) is 1.28. The van der Waals surface area contributed by atoms with Crippen molar-refractivity contribution in [2.24, 2.45) is 0 Å². The molecule has 0 aliphatic carbocycles. The van der Waals surface area contributed by atoms with Gasteiger partial charge in [-0.25, -0.2) is 9.59 Å². The summed E-state index contributed by atoms with van der Waals surface area (Å²) in [5.41, 5.74) is 0.989. The molecule has 0 radical (unpaired) electrons. The number of methoxy groups -OCH3 is 1. The molecular weight excluding hydrogens is 300 g/mol. The molecule has 0 amide bonds. The monoisotopic (exact) mass is 312 g/mol. The first-order chi connectivity index (χ1) is 8.37.